The molecule has 0 amide bonds. The van der Waals surface area contributed by atoms with Crippen LogP contribution in [0.2, 0.25) is 0 Å². The Bertz CT molecular complexity index is 294. The zero-order chi connectivity index (χ0) is 9.05. The van der Waals surface area contributed by atoms with Crippen molar-refractivity contribution in [3.05, 3.63) is 24.3 Å². The second-order valence-corrected chi connectivity index (χ2v) is 4.54. The molecule has 1 unspecified atom stereocenters. The fourth-order valence-corrected chi connectivity index (χ4v) is 3.52. The van der Waals surface area contributed by atoms with Crippen molar-refractivity contribution in [2.24, 2.45) is 23.2 Å². The van der Waals surface area contributed by atoms with Crippen LogP contribution < -0.4 is 0 Å². The van der Waals surface area contributed by atoms with E-state index in [0.717, 1.165) is 6.42 Å². The molecule has 3 aliphatic rings. The molecule has 3 rings (SSSR count). The summed E-state index contributed by atoms with van der Waals surface area (Å²) in [5.41, 5.74) is -0.126. The molecule has 0 heterocycles. The molecule has 1 saturated carbocycles. The van der Waals surface area contributed by atoms with E-state index in [1.54, 1.807) is 0 Å². The molecular formula is C11H14O2. The van der Waals surface area contributed by atoms with E-state index in [0.29, 0.717) is 11.8 Å². The first-order valence-electron chi connectivity index (χ1n) is 4.94. The summed E-state index contributed by atoms with van der Waals surface area (Å²) in [5.74, 6) is 1.19. The van der Waals surface area contributed by atoms with Gasteiger partial charge in [-0.1, -0.05) is 24.3 Å². The fourth-order valence-electron chi connectivity index (χ4n) is 3.52. The molecule has 70 valence electrons. The van der Waals surface area contributed by atoms with Crippen LogP contribution in [0, 0.1) is 23.2 Å². The summed E-state index contributed by atoms with van der Waals surface area (Å²) in [4.78, 5) is 0. The summed E-state index contributed by atoms with van der Waals surface area (Å²) >= 11 is 0. The maximum atomic E-state index is 9.79. The quantitative estimate of drug-likeness (QED) is 0.581. The van der Waals surface area contributed by atoms with Gasteiger partial charge in [0.05, 0.1) is 12.7 Å². The third kappa shape index (κ3) is 0.720. The second-order valence-electron chi connectivity index (χ2n) is 4.54. The number of fused-ring (bicyclic) bond motifs is 5. The van der Waals surface area contributed by atoms with Crippen LogP contribution >= 0.6 is 0 Å². The number of aliphatic hydroxyl groups is 2. The van der Waals surface area contributed by atoms with Crippen molar-refractivity contribution in [3.8, 4) is 0 Å². The molecule has 0 aromatic carbocycles. The van der Waals surface area contributed by atoms with Gasteiger partial charge in [-0.05, 0) is 18.3 Å². The lowest BCUT2D eigenvalue weighted by atomic mass is 9.71. The molecule has 2 nitrogen and oxygen atoms in total. The molecule has 0 aromatic heterocycles. The smallest absolute Gasteiger partial charge is 0.0764 e. The van der Waals surface area contributed by atoms with Crippen molar-refractivity contribution in [1.82, 2.24) is 0 Å². The Morgan fingerprint density at radius 3 is 2.85 bits per heavy atom. The molecule has 2 bridgehead atoms. The van der Waals surface area contributed by atoms with Crippen molar-refractivity contribution in [2.45, 2.75) is 12.5 Å². The van der Waals surface area contributed by atoms with Gasteiger partial charge in [-0.25, -0.2) is 0 Å². The van der Waals surface area contributed by atoms with Crippen molar-refractivity contribution >= 4 is 0 Å². The highest BCUT2D eigenvalue weighted by Gasteiger charge is 2.58. The van der Waals surface area contributed by atoms with Gasteiger partial charge in [0.2, 0.25) is 0 Å². The molecule has 0 aliphatic heterocycles. The van der Waals surface area contributed by atoms with Crippen molar-refractivity contribution < 1.29 is 10.2 Å². The third-order valence-electron chi connectivity index (χ3n) is 4.13. The first-order valence-corrected chi connectivity index (χ1v) is 4.94. The van der Waals surface area contributed by atoms with Gasteiger partial charge in [-0.3, -0.25) is 0 Å². The highest BCUT2D eigenvalue weighted by molar-refractivity contribution is 5.31. The van der Waals surface area contributed by atoms with Crippen molar-refractivity contribution in [1.29, 1.82) is 0 Å². The van der Waals surface area contributed by atoms with Crippen LogP contribution in [0.3, 0.4) is 0 Å². The highest BCUT2D eigenvalue weighted by Crippen LogP contribution is 2.60. The van der Waals surface area contributed by atoms with Gasteiger partial charge in [0.15, 0.2) is 0 Å². The minimum atomic E-state index is -0.341. The zero-order valence-electron chi connectivity index (χ0n) is 7.43. The average molecular weight is 178 g/mol. The SMILES string of the molecule is OC[C@]12C=C[C@@H](O)C1[C@H]1C=C[C@@H]2C1. The van der Waals surface area contributed by atoms with E-state index in [-0.39, 0.29) is 24.0 Å². The Kier molecular flexibility index (Phi) is 1.35. The zero-order valence-corrected chi connectivity index (χ0v) is 7.43. The second kappa shape index (κ2) is 2.25. The minimum Gasteiger partial charge on any atom is -0.395 e. The van der Waals surface area contributed by atoms with Gasteiger partial charge in [0.1, 0.15) is 0 Å². The molecular weight excluding hydrogens is 164 g/mol. The Morgan fingerprint density at radius 1 is 1.31 bits per heavy atom. The topological polar surface area (TPSA) is 40.5 Å². The van der Waals surface area contributed by atoms with E-state index in [1.165, 1.54) is 0 Å². The van der Waals surface area contributed by atoms with Gasteiger partial charge in [-0.2, -0.15) is 0 Å². The van der Waals surface area contributed by atoms with E-state index >= 15 is 0 Å². The van der Waals surface area contributed by atoms with Crippen LogP contribution in [-0.4, -0.2) is 22.9 Å². The first kappa shape index (κ1) is 7.77. The molecule has 1 fully saturated rings. The Morgan fingerprint density at radius 2 is 2.15 bits per heavy atom. The third-order valence-corrected chi connectivity index (χ3v) is 4.13. The molecule has 13 heavy (non-hydrogen) atoms. The Hall–Kier alpha value is -0.600. The summed E-state index contributed by atoms with van der Waals surface area (Å²) < 4.78 is 0. The van der Waals surface area contributed by atoms with Crippen LogP contribution in [-0.2, 0) is 0 Å². The Balaban J connectivity index is 2.08. The summed E-state index contributed by atoms with van der Waals surface area (Å²) in [7, 11) is 0. The molecule has 2 N–H and O–H groups in total. The molecule has 0 radical (unpaired) electrons. The van der Waals surface area contributed by atoms with Crippen LogP contribution in [0.25, 0.3) is 0 Å². The number of rotatable bonds is 1. The summed E-state index contributed by atoms with van der Waals surface area (Å²) in [6.07, 6.45) is 9.09. The molecule has 3 aliphatic carbocycles. The van der Waals surface area contributed by atoms with Gasteiger partial charge < -0.3 is 10.2 Å². The monoisotopic (exact) mass is 178 g/mol. The summed E-state index contributed by atoms with van der Waals surface area (Å²) in [6, 6.07) is 0. The van der Waals surface area contributed by atoms with Gasteiger partial charge in [0, 0.05) is 11.3 Å². The standard InChI is InChI=1S/C11H14O2/c12-6-11-4-3-9(13)10(11)7-1-2-8(11)5-7/h1-4,7-10,12-13H,5-6H2/t7-,8+,9+,10?,11-/m0/s1. The lowest BCUT2D eigenvalue weighted by molar-refractivity contribution is 0.0430. The molecule has 0 spiro atoms. The summed E-state index contributed by atoms with van der Waals surface area (Å²) in [5, 5.41) is 19.3. The largest absolute Gasteiger partial charge is 0.395 e. The van der Waals surface area contributed by atoms with E-state index in [2.05, 4.69) is 12.2 Å². The molecule has 2 heteroatoms. The number of aliphatic hydroxyl groups excluding tert-OH is 2. The van der Waals surface area contributed by atoms with E-state index in [4.69, 9.17) is 0 Å². The van der Waals surface area contributed by atoms with Crippen LogP contribution in [0.4, 0.5) is 0 Å². The fraction of sp³-hybridized carbons (Fsp3) is 0.636. The van der Waals surface area contributed by atoms with E-state index in [9.17, 15) is 10.2 Å². The number of hydrogen-bond donors (Lipinski definition) is 2. The molecule has 0 saturated heterocycles. The minimum absolute atomic E-state index is 0.126. The predicted octanol–water partition coefficient (Wildman–Crippen LogP) is 0.718. The average Bonchev–Trinajstić information content (AvgIpc) is 2.77. The molecule has 0 aromatic rings. The highest BCUT2D eigenvalue weighted by atomic mass is 16.3. The van der Waals surface area contributed by atoms with E-state index < -0.39 is 0 Å². The maximum absolute atomic E-state index is 9.79. The normalized spacial score (nSPS) is 56.2. The van der Waals surface area contributed by atoms with E-state index in [1.807, 2.05) is 12.2 Å². The van der Waals surface area contributed by atoms with Gasteiger partial charge in [0.25, 0.3) is 0 Å². The van der Waals surface area contributed by atoms with Crippen LogP contribution in [0.15, 0.2) is 24.3 Å². The predicted molar refractivity (Wildman–Crippen MR) is 48.9 cm³/mol. The maximum Gasteiger partial charge on any atom is 0.0764 e. The van der Waals surface area contributed by atoms with Crippen LogP contribution in [0.5, 0.6) is 0 Å². The van der Waals surface area contributed by atoms with Crippen LogP contribution in [0.1, 0.15) is 6.42 Å². The van der Waals surface area contributed by atoms with Crippen molar-refractivity contribution in [2.75, 3.05) is 6.61 Å². The number of hydrogen-bond acceptors (Lipinski definition) is 2. The van der Waals surface area contributed by atoms with Crippen molar-refractivity contribution in [3.63, 3.8) is 0 Å². The summed E-state index contributed by atoms with van der Waals surface area (Å²) in [6.45, 7) is 0.177. The molecule has 5 atom stereocenters. The Labute approximate surface area is 77.6 Å². The lowest BCUT2D eigenvalue weighted by Crippen LogP contribution is -2.37. The van der Waals surface area contributed by atoms with Gasteiger partial charge >= 0.3 is 0 Å². The first-order chi connectivity index (χ1) is 6.28. The number of allylic oxidation sites excluding steroid dienone is 2. The van der Waals surface area contributed by atoms with Gasteiger partial charge in [-0.15, -0.1) is 0 Å². The lowest BCUT2D eigenvalue weighted by Gasteiger charge is -2.35.